The number of hydrogen-bond acceptors (Lipinski definition) is 6. The molecular weight excluding hydrogens is 973 g/mol. The van der Waals surface area contributed by atoms with E-state index in [1.54, 1.807) is 0 Å². The predicted molar refractivity (Wildman–Crippen MR) is 343 cm³/mol. The SMILES string of the molecule is CC/C=C\C/C=C\C/C=C\C/C=C\C/C=C\CCCCCC(=O)OCC(COC(=O)CCCCCCCCCC/C=C\C/C=C\C/C=C\CCCCCCC)OC(=O)CCCCC/C=C\C/C=C\C/C=C\C/C=C\C/C=C\CC. The number of ether oxygens (including phenoxy) is 3. The maximum absolute atomic E-state index is 12.9. The highest BCUT2D eigenvalue weighted by Gasteiger charge is 2.19. The Bertz CT molecular complexity index is 1780. The van der Waals surface area contributed by atoms with Crippen LogP contribution in [0.4, 0.5) is 0 Å². The highest BCUT2D eigenvalue weighted by Crippen LogP contribution is 2.14. The molecule has 79 heavy (non-hydrogen) atoms. The predicted octanol–water partition coefficient (Wildman–Crippen LogP) is 22.1. The molecule has 0 bridgehead atoms. The van der Waals surface area contributed by atoms with Crippen molar-refractivity contribution < 1.29 is 28.6 Å². The zero-order valence-electron chi connectivity index (χ0n) is 50.8. The van der Waals surface area contributed by atoms with Crippen molar-refractivity contribution in [2.75, 3.05) is 13.2 Å². The van der Waals surface area contributed by atoms with Crippen molar-refractivity contribution in [2.45, 2.75) is 271 Å². The van der Waals surface area contributed by atoms with Crippen LogP contribution >= 0.6 is 0 Å². The largest absolute Gasteiger partial charge is 0.462 e. The van der Waals surface area contributed by atoms with E-state index >= 15 is 0 Å². The molecule has 6 nitrogen and oxygen atoms in total. The first-order valence-electron chi connectivity index (χ1n) is 32.0. The van der Waals surface area contributed by atoms with Gasteiger partial charge in [-0.25, -0.2) is 0 Å². The molecule has 0 aliphatic rings. The molecule has 0 amide bonds. The molecule has 0 heterocycles. The van der Waals surface area contributed by atoms with Gasteiger partial charge in [0.2, 0.25) is 0 Å². The van der Waals surface area contributed by atoms with Gasteiger partial charge < -0.3 is 14.2 Å². The zero-order valence-corrected chi connectivity index (χ0v) is 50.8. The smallest absolute Gasteiger partial charge is 0.306 e. The van der Waals surface area contributed by atoms with E-state index in [2.05, 4.69) is 179 Å². The maximum Gasteiger partial charge on any atom is 0.306 e. The lowest BCUT2D eigenvalue weighted by Gasteiger charge is -2.18. The average Bonchev–Trinajstić information content (AvgIpc) is 3.45. The van der Waals surface area contributed by atoms with Crippen molar-refractivity contribution in [3.05, 3.63) is 158 Å². The number of allylic oxidation sites excluding steroid dienone is 26. The fourth-order valence-electron chi connectivity index (χ4n) is 8.27. The molecule has 0 fully saturated rings. The van der Waals surface area contributed by atoms with E-state index in [1.165, 1.54) is 70.6 Å². The fourth-order valence-corrected chi connectivity index (χ4v) is 8.27. The Morgan fingerprint density at radius 1 is 0.266 bits per heavy atom. The molecule has 1 atom stereocenters. The summed E-state index contributed by atoms with van der Waals surface area (Å²) < 4.78 is 16.9. The highest BCUT2D eigenvalue weighted by molar-refractivity contribution is 5.71. The van der Waals surface area contributed by atoms with Crippen molar-refractivity contribution in [3.8, 4) is 0 Å². The maximum atomic E-state index is 12.9. The van der Waals surface area contributed by atoms with Crippen LogP contribution in [0.25, 0.3) is 0 Å². The first-order chi connectivity index (χ1) is 39.0. The summed E-state index contributed by atoms with van der Waals surface area (Å²) in [5.74, 6) is -0.988. The van der Waals surface area contributed by atoms with E-state index in [4.69, 9.17) is 14.2 Å². The lowest BCUT2D eigenvalue weighted by molar-refractivity contribution is -0.167. The highest BCUT2D eigenvalue weighted by atomic mass is 16.6. The van der Waals surface area contributed by atoms with Gasteiger partial charge in [-0.1, -0.05) is 256 Å². The van der Waals surface area contributed by atoms with Gasteiger partial charge in [0, 0.05) is 19.3 Å². The Labute approximate surface area is 486 Å². The van der Waals surface area contributed by atoms with E-state index in [9.17, 15) is 14.4 Å². The molecule has 0 radical (unpaired) electrons. The van der Waals surface area contributed by atoms with Gasteiger partial charge in [-0.3, -0.25) is 14.4 Å². The lowest BCUT2D eigenvalue weighted by atomic mass is 10.1. The zero-order chi connectivity index (χ0) is 57.1. The minimum absolute atomic E-state index is 0.113. The van der Waals surface area contributed by atoms with Crippen LogP contribution in [-0.2, 0) is 28.6 Å². The van der Waals surface area contributed by atoms with Crippen LogP contribution in [0.2, 0.25) is 0 Å². The third-order valence-electron chi connectivity index (χ3n) is 13.0. The minimum atomic E-state index is -0.823. The summed E-state index contributed by atoms with van der Waals surface area (Å²) in [5, 5.41) is 0. The van der Waals surface area contributed by atoms with Gasteiger partial charge in [-0.05, 0) is 148 Å². The average molecular weight is 1090 g/mol. The Hall–Kier alpha value is -4.97. The standard InChI is InChI=1S/C73H116O6/c1-4-7-10-13-16-19-22-25-28-31-34-35-36-37-40-42-45-48-51-54-57-60-63-66-72(75)78-69-70(79-73(76)67-64-61-58-55-52-49-46-43-39-33-30-27-24-21-18-15-12-9-6-3)68-77-71(74)65-62-59-56-53-50-47-44-41-38-32-29-26-23-20-17-14-11-8-5-2/h8-9,11-12,17-18,20-22,25-27,29-31,34,36-39,41,43,47,49-50,52,70H,4-7,10,13-16,19,23-24,28,32-33,35,40,42,44-46,48,51,53-69H2,1-3H3/b11-8-,12-9-,20-17-,21-18-,25-22-,29-26-,30-27-,34-31-,37-36-,41-38-,43-39-,50-47-,52-49-. The number of carbonyl (C=O) groups excluding carboxylic acids is 3. The molecule has 0 aromatic carbocycles. The number of esters is 3. The van der Waals surface area contributed by atoms with Crippen molar-refractivity contribution in [2.24, 2.45) is 0 Å². The van der Waals surface area contributed by atoms with Crippen molar-refractivity contribution in [1.82, 2.24) is 0 Å². The summed E-state index contributed by atoms with van der Waals surface area (Å²) >= 11 is 0. The summed E-state index contributed by atoms with van der Waals surface area (Å²) in [5.41, 5.74) is 0. The molecular formula is C73H116O6. The number of hydrogen-bond donors (Lipinski definition) is 0. The molecule has 0 aromatic rings. The summed E-state index contributed by atoms with van der Waals surface area (Å²) in [6, 6.07) is 0. The fraction of sp³-hybridized carbons (Fsp3) is 0.603. The van der Waals surface area contributed by atoms with Gasteiger partial charge >= 0.3 is 17.9 Å². The van der Waals surface area contributed by atoms with Gasteiger partial charge in [0.25, 0.3) is 0 Å². The normalized spacial score (nSPS) is 13.2. The van der Waals surface area contributed by atoms with Gasteiger partial charge in [-0.15, -0.1) is 0 Å². The topological polar surface area (TPSA) is 78.9 Å². The third-order valence-corrected chi connectivity index (χ3v) is 13.0. The van der Waals surface area contributed by atoms with Crippen LogP contribution < -0.4 is 0 Å². The summed E-state index contributed by atoms with van der Waals surface area (Å²) in [4.78, 5) is 38.4. The molecule has 0 rings (SSSR count). The molecule has 0 aliphatic carbocycles. The molecule has 0 N–H and O–H groups in total. The summed E-state index contributed by atoms with van der Waals surface area (Å²) in [7, 11) is 0. The molecule has 0 spiro atoms. The molecule has 444 valence electrons. The Balaban J connectivity index is 4.54. The van der Waals surface area contributed by atoms with Crippen molar-refractivity contribution >= 4 is 17.9 Å². The molecule has 0 saturated carbocycles. The Morgan fingerprint density at radius 2 is 0.494 bits per heavy atom. The second-order valence-electron chi connectivity index (χ2n) is 20.5. The monoisotopic (exact) mass is 1090 g/mol. The van der Waals surface area contributed by atoms with E-state index in [0.29, 0.717) is 19.3 Å². The van der Waals surface area contributed by atoms with Crippen LogP contribution in [0.15, 0.2) is 158 Å². The van der Waals surface area contributed by atoms with Gasteiger partial charge in [0.15, 0.2) is 6.10 Å². The van der Waals surface area contributed by atoms with Crippen LogP contribution in [0.5, 0.6) is 0 Å². The van der Waals surface area contributed by atoms with Gasteiger partial charge in [0.1, 0.15) is 13.2 Å². The first-order valence-corrected chi connectivity index (χ1v) is 32.0. The number of unbranched alkanes of at least 4 members (excludes halogenated alkanes) is 19. The number of rotatable bonds is 56. The molecule has 6 heteroatoms. The quantitative estimate of drug-likeness (QED) is 0.0261. The van der Waals surface area contributed by atoms with E-state index < -0.39 is 6.10 Å². The minimum Gasteiger partial charge on any atom is -0.462 e. The molecule has 1 unspecified atom stereocenters. The molecule has 0 aliphatic heterocycles. The Kier molecular flexibility index (Phi) is 61.4. The van der Waals surface area contributed by atoms with E-state index in [0.717, 1.165) is 148 Å². The second kappa shape index (κ2) is 65.5. The van der Waals surface area contributed by atoms with Crippen LogP contribution in [0.1, 0.15) is 265 Å². The van der Waals surface area contributed by atoms with Crippen LogP contribution in [0, 0.1) is 0 Å². The molecule has 0 aromatic heterocycles. The van der Waals surface area contributed by atoms with Crippen LogP contribution in [-0.4, -0.2) is 37.2 Å². The summed E-state index contributed by atoms with van der Waals surface area (Å²) in [6.45, 7) is 6.34. The van der Waals surface area contributed by atoms with Crippen LogP contribution in [0.3, 0.4) is 0 Å². The van der Waals surface area contributed by atoms with Crippen molar-refractivity contribution in [3.63, 3.8) is 0 Å². The Morgan fingerprint density at radius 3 is 0.785 bits per heavy atom. The van der Waals surface area contributed by atoms with E-state index in [1.807, 2.05) is 0 Å². The lowest BCUT2D eigenvalue weighted by Crippen LogP contribution is -2.30. The number of carbonyl (C=O) groups is 3. The van der Waals surface area contributed by atoms with Gasteiger partial charge in [-0.2, -0.15) is 0 Å². The molecule has 0 saturated heterocycles. The van der Waals surface area contributed by atoms with Gasteiger partial charge in [0.05, 0.1) is 0 Å². The van der Waals surface area contributed by atoms with Crippen molar-refractivity contribution in [1.29, 1.82) is 0 Å². The van der Waals surface area contributed by atoms with E-state index in [-0.39, 0.29) is 37.5 Å². The second-order valence-corrected chi connectivity index (χ2v) is 20.5. The summed E-state index contributed by atoms with van der Waals surface area (Å²) in [6.07, 6.45) is 95.2. The first kappa shape index (κ1) is 74.0. The third kappa shape index (κ3) is 63.7.